The van der Waals surface area contributed by atoms with E-state index in [4.69, 9.17) is 4.99 Å². The van der Waals surface area contributed by atoms with Crippen LogP contribution in [-0.2, 0) is 0 Å². The molecule has 0 aliphatic heterocycles. The van der Waals surface area contributed by atoms with Crippen molar-refractivity contribution in [2.75, 3.05) is 0 Å². The number of carbonyl (C=O) groups is 1. The Bertz CT molecular complexity index is 701. The monoisotopic (exact) mass is 321 g/mol. The minimum Gasteiger partial charge on any atom is -0.294 e. The van der Waals surface area contributed by atoms with Gasteiger partial charge < -0.3 is 0 Å². The van der Waals surface area contributed by atoms with Gasteiger partial charge in [0.1, 0.15) is 0 Å². The van der Waals surface area contributed by atoms with E-state index in [1.807, 2.05) is 37.3 Å². The summed E-state index contributed by atoms with van der Waals surface area (Å²) in [6.07, 6.45) is 0.355. The van der Waals surface area contributed by atoms with Gasteiger partial charge >= 0.3 is 0 Å². The molecule has 0 aliphatic carbocycles. The largest absolute Gasteiger partial charge is 0.294 e. The van der Waals surface area contributed by atoms with Crippen molar-refractivity contribution in [3.05, 3.63) is 65.2 Å². The summed E-state index contributed by atoms with van der Waals surface area (Å²) in [5, 5.41) is 0. The molecule has 2 rings (SSSR count). The van der Waals surface area contributed by atoms with Crippen molar-refractivity contribution < 1.29 is 4.79 Å². The van der Waals surface area contributed by atoms with E-state index >= 15 is 0 Å². The van der Waals surface area contributed by atoms with E-state index in [1.54, 1.807) is 0 Å². The highest BCUT2D eigenvalue weighted by molar-refractivity contribution is 6.09. The van der Waals surface area contributed by atoms with Crippen LogP contribution in [0, 0.1) is 0 Å². The normalized spacial score (nSPS) is 12.0. The molecule has 0 fully saturated rings. The zero-order valence-corrected chi connectivity index (χ0v) is 15.3. The highest BCUT2D eigenvalue weighted by atomic mass is 16.1. The average molecular weight is 321 g/mol. The summed E-state index contributed by atoms with van der Waals surface area (Å²) >= 11 is 0. The van der Waals surface area contributed by atoms with Crippen LogP contribution in [0.25, 0.3) is 0 Å². The molecule has 0 saturated carbocycles. The van der Waals surface area contributed by atoms with Crippen LogP contribution in [0.5, 0.6) is 0 Å². The molecule has 0 heterocycles. The number of nitrogens with zero attached hydrogens (tertiary/aromatic N) is 1. The van der Waals surface area contributed by atoms with Crippen LogP contribution in [0.2, 0.25) is 0 Å². The Hall–Kier alpha value is -2.22. The fourth-order valence-electron chi connectivity index (χ4n) is 2.83. The molecular weight excluding hydrogens is 294 g/mol. The van der Waals surface area contributed by atoms with Crippen LogP contribution in [0.4, 0.5) is 5.69 Å². The third kappa shape index (κ3) is 4.41. The number of ketones is 1. The predicted molar refractivity (Wildman–Crippen MR) is 103 cm³/mol. The number of aliphatic imine (C=N–C) groups is 1. The zero-order valence-electron chi connectivity index (χ0n) is 15.3. The predicted octanol–water partition coefficient (Wildman–Crippen LogP) is 6.30. The molecule has 0 radical (unpaired) electrons. The van der Waals surface area contributed by atoms with Crippen molar-refractivity contribution in [1.82, 2.24) is 0 Å². The minimum absolute atomic E-state index is 0.116. The molecule has 2 aromatic carbocycles. The van der Waals surface area contributed by atoms with Crippen molar-refractivity contribution >= 4 is 17.2 Å². The number of Topliss-reactive ketones (excluding diaryl/α,β-unsaturated/α-hetero) is 1. The summed E-state index contributed by atoms with van der Waals surface area (Å²) in [5.74, 6) is 0.921. The number of carbonyl (C=O) groups excluding carboxylic acids is 1. The molecule has 0 atom stereocenters. The second-order valence-corrected chi connectivity index (χ2v) is 6.91. The first-order valence-corrected chi connectivity index (χ1v) is 8.65. The Balaban J connectivity index is 2.34. The van der Waals surface area contributed by atoms with Crippen LogP contribution >= 0.6 is 0 Å². The highest BCUT2D eigenvalue weighted by Crippen LogP contribution is 2.35. The van der Waals surface area contributed by atoms with Gasteiger partial charge in [-0.2, -0.15) is 0 Å². The van der Waals surface area contributed by atoms with Crippen molar-refractivity contribution in [2.45, 2.75) is 52.9 Å². The molecule has 0 aliphatic rings. The summed E-state index contributed by atoms with van der Waals surface area (Å²) in [5.41, 5.74) is 5.13. The molecular formula is C22H27NO. The first kappa shape index (κ1) is 18.1. The van der Waals surface area contributed by atoms with Gasteiger partial charge in [0.15, 0.2) is 5.78 Å². The van der Waals surface area contributed by atoms with Gasteiger partial charge in [-0.1, -0.05) is 76.2 Å². The first-order valence-electron chi connectivity index (χ1n) is 8.65. The maximum absolute atomic E-state index is 12.4. The van der Waals surface area contributed by atoms with Crippen LogP contribution in [-0.4, -0.2) is 11.5 Å². The Labute approximate surface area is 145 Å². The molecule has 2 aromatic rings. The molecule has 126 valence electrons. The van der Waals surface area contributed by atoms with Crippen LogP contribution < -0.4 is 0 Å². The lowest BCUT2D eigenvalue weighted by Crippen LogP contribution is -2.06. The van der Waals surface area contributed by atoms with Crippen molar-refractivity contribution in [2.24, 2.45) is 4.99 Å². The van der Waals surface area contributed by atoms with E-state index in [1.165, 1.54) is 11.1 Å². The molecule has 2 heteroatoms. The van der Waals surface area contributed by atoms with E-state index in [0.29, 0.717) is 18.3 Å². The number of para-hydroxylation sites is 1. The van der Waals surface area contributed by atoms with Gasteiger partial charge in [-0.3, -0.25) is 9.79 Å². The lowest BCUT2D eigenvalue weighted by Gasteiger charge is -2.17. The third-order valence-corrected chi connectivity index (χ3v) is 4.16. The van der Waals surface area contributed by atoms with E-state index in [2.05, 4.69) is 45.9 Å². The van der Waals surface area contributed by atoms with E-state index in [9.17, 15) is 4.79 Å². The van der Waals surface area contributed by atoms with Crippen molar-refractivity contribution in [3.8, 4) is 0 Å². The van der Waals surface area contributed by atoms with Gasteiger partial charge in [0.05, 0.1) is 5.69 Å². The van der Waals surface area contributed by atoms with Gasteiger partial charge in [-0.15, -0.1) is 0 Å². The minimum atomic E-state index is 0.116. The lowest BCUT2D eigenvalue weighted by atomic mass is 9.93. The Kier molecular flexibility index (Phi) is 6.08. The summed E-state index contributed by atoms with van der Waals surface area (Å²) in [4.78, 5) is 17.3. The van der Waals surface area contributed by atoms with Crippen molar-refractivity contribution in [3.63, 3.8) is 0 Å². The molecule has 0 amide bonds. The topological polar surface area (TPSA) is 29.4 Å². The second kappa shape index (κ2) is 8.05. The van der Waals surface area contributed by atoms with Gasteiger partial charge in [-0.05, 0) is 29.9 Å². The first-order chi connectivity index (χ1) is 11.4. The molecule has 0 aromatic heterocycles. The van der Waals surface area contributed by atoms with E-state index < -0.39 is 0 Å². The van der Waals surface area contributed by atoms with Crippen molar-refractivity contribution in [1.29, 1.82) is 0 Å². The third-order valence-electron chi connectivity index (χ3n) is 4.16. The smallest absolute Gasteiger partial charge is 0.168 e. The van der Waals surface area contributed by atoms with Gasteiger partial charge in [0, 0.05) is 17.7 Å². The molecule has 0 spiro atoms. The lowest BCUT2D eigenvalue weighted by molar-refractivity contribution is 0.100. The zero-order chi connectivity index (χ0) is 17.7. The quantitative estimate of drug-likeness (QED) is 0.453. The Morgan fingerprint density at radius 3 is 1.92 bits per heavy atom. The maximum atomic E-state index is 12.4. The summed E-state index contributed by atoms with van der Waals surface area (Å²) in [6, 6.07) is 15.8. The molecule has 0 unspecified atom stereocenters. The fraction of sp³-hybridized carbons (Fsp3) is 0.364. The van der Waals surface area contributed by atoms with Crippen LogP contribution in [0.3, 0.4) is 0 Å². The highest BCUT2D eigenvalue weighted by Gasteiger charge is 2.14. The molecule has 0 N–H and O–H groups in total. The van der Waals surface area contributed by atoms with Gasteiger partial charge in [-0.25, -0.2) is 0 Å². The molecule has 2 nitrogen and oxygen atoms in total. The Morgan fingerprint density at radius 1 is 0.875 bits per heavy atom. The molecule has 0 bridgehead atoms. The summed E-state index contributed by atoms with van der Waals surface area (Å²) in [6.45, 7) is 10.7. The SMILES string of the molecule is CC(CC(=O)c1ccccc1)=Nc1c(C(C)C)cccc1C(C)C. The van der Waals surface area contributed by atoms with Gasteiger partial charge in [0.2, 0.25) is 0 Å². The molecule has 0 saturated heterocycles. The summed E-state index contributed by atoms with van der Waals surface area (Å²) < 4.78 is 0. The maximum Gasteiger partial charge on any atom is 0.168 e. The van der Waals surface area contributed by atoms with Crippen LogP contribution in [0.15, 0.2) is 53.5 Å². The standard InChI is InChI=1S/C22H27NO/c1-15(2)19-12-9-13-20(16(3)4)22(19)23-17(5)14-21(24)18-10-7-6-8-11-18/h6-13,15-16H,14H2,1-5H3. The average Bonchev–Trinajstić information content (AvgIpc) is 2.55. The molecule has 24 heavy (non-hydrogen) atoms. The summed E-state index contributed by atoms with van der Waals surface area (Å²) in [7, 11) is 0. The number of hydrogen-bond acceptors (Lipinski definition) is 2. The van der Waals surface area contributed by atoms with E-state index in [-0.39, 0.29) is 5.78 Å². The fourth-order valence-corrected chi connectivity index (χ4v) is 2.83. The van der Waals surface area contributed by atoms with Gasteiger partial charge in [0.25, 0.3) is 0 Å². The Morgan fingerprint density at radius 2 is 1.42 bits per heavy atom. The number of benzene rings is 2. The number of rotatable bonds is 6. The van der Waals surface area contributed by atoms with E-state index in [0.717, 1.165) is 17.0 Å². The van der Waals surface area contributed by atoms with Crippen LogP contribution in [0.1, 0.15) is 74.4 Å². The second-order valence-electron chi connectivity index (χ2n) is 6.91. The number of hydrogen-bond donors (Lipinski definition) is 0.